The molecule has 19 heavy (non-hydrogen) atoms. The predicted octanol–water partition coefficient (Wildman–Crippen LogP) is 3.58. The zero-order chi connectivity index (χ0) is 13.7. The predicted molar refractivity (Wildman–Crippen MR) is 82.0 cm³/mol. The van der Waals surface area contributed by atoms with Crippen LogP contribution in [-0.2, 0) is 6.54 Å². The maximum Gasteiger partial charge on any atom is 0.0914 e. The molecular formula is C16H18BrNO. The fraction of sp³-hybridized carbons (Fsp3) is 0.250. The first-order valence-corrected chi connectivity index (χ1v) is 7.15. The van der Waals surface area contributed by atoms with Crippen LogP contribution in [-0.4, -0.2) is 11.7 Å². The molecule has 0 fully saturated rings. The standard InChI is InChI=1S/C16H18BrNO/c1-12-7-8-13(9-15(12)17)10-18-11-16(19)14-5-3-2-4-6-14/h2-9,16,18-19H,10-11H2,1H3. The van der Waals surface area contributed by atoms with Crippen molar-refractivity contribution < 1.29 is 5.11 Å². The first-order chi connectivity index (χ1) is 9.16. The minimum absolute atomic E-state index is 0.463. The van der Waals surface area contributed by atoms with Crippen molar-refractivity contribution >= 4 is 15.9 Å². The highest BCUT2D eigenvalue weighted by atomic mass is 79.9. The summed E-state index contributed by atoms with van der Waals surface area (Å²) in [4.78, 5) is 0. The molecule has 0 aliphatic heterocycles. The summed E-state index contributed by atoms with van der Waals surface area (Å²) >= 11 is 3.53. The highest BCUT2D eigenvalue weighted by Crippen LogP contribution is 2.17. The lowest BCUT2D eigenvalue weighted by molar-refractivity contribution is 0.174. The average molecular weight is 320 g/mol. The Kier molecular flexibility index (Phi) is 5.14. The fourth-order valence-electron chi connectivity index (χ4n) is 1.89. The summed E-state index contributed by atoms with van der Waals surface area (Å²) in [6.45, 7) is 3.37. The van der Waals surface area contributed by atoms with E-state index in [0.717, 1.165) is 16.6 Å². The minimum Gasteiger partial charge on any atom is -0.387 e. The van der Waals surface area contributed by atoms with Crippen molar-refractivity contribution in [3.05, 3.63) is 69.7 Å². The summed E-state index contributed by atoms with van der Waals surface area (Å²) < 4.78 is 1.12. The van der Waals surface area contributed by atoms with Gasteiger partial charge in [0, 0.05) is 17.6 Å². The Bertz CT molecular complexity index is 528. The number of aryl methyl sites for hydroxylation is 1. The number of halogens is 1. The third-order valence-electron chi connectivity index (χ3n) is 3.09. The van der Waals surface area contributed by atoms with Crippen LogP contribution in [0.1, 0.15) is 22.8 Å². The van der Waals surface area contributed by atoms with Crippen LogP contribution in [0.25, 0.3) is 0 Å². The van der Waals surface area contributed by atoms with Crippen LogP contribution in [0.4, 0.5) is 0 Å². The quantitative estimate of drug-likeness (QED) is 0.882. The van der Waals surface area contributed by atoms with Gasteiger partial charge in [-0.05, 0) is 29.7 Å². The Morgan fingerprint density at radius 3 is 2.58 bits per heavy atom. The number of nitrogens with one attached hydrogen (secondary N) is 1. The molecule has 0 spiro atoms. The Balaban J connectivity index is 1.85. The molecule has 2 aromatic rings. The van der Waals surface area contributed by atoms with Gasteiger partial charge in [-0.25, -0.2) is 0 Å². The van der Waals surface area contributed by atoms with Crippen LogP contribution in [0.3, 0.4) is 0 Å². The van der Waals surface area contributed by atoms with Crippen LogP contribution in [0, 0.1) is 6.92 Å². The molecule has 0 radical (unpaired) electrons. The Morgan fingerprint density at radius 2 is 1.89 bits per heavy atom. The van der Waals surface area contributed by atoms with E-state index in [2.05, 4.69) is 46.4 Å². The number of benzene rings is 2. The van der Waals surface area contributed by atoms with Gasteiger partial charge in [-0.15, -0.1) is 0 Å². The van der Waals surface area contributed by atoms with Crippen LogP contribution >= 0.6 is 15.9 Å². The first kappa shape index (κ1) is 14.3. The maximum absolute atomic E-state index is 10.0. The summed E-state index contributed by atoms with van der Waals surface area (Å²) in [6.07, 6.45) is -0.463. The molecule has 2 aromatic carbocycles. The molecule has 2 nitrogen and oxygen atoms in total. The number of aliphatic hydroxyl groups excluding tert-OH is 1. The van der Waals surface area contributed by atoms with Crippen LogP contribution in [0.5, 0.6) is 0 Å². The van der Waals surface area contributed by atoms with Crippen molar-refractivity contribution in [1.29, 1.82) is 0 Å². The molecule has 100 valence electrons. The van der Waals surface area contributed by atoms with Crippen molar-refractivity contribution in [2.75, 3.05) is 6.54 Å². The molecule has 0 aliphatic carbocycles. The second-order valence-corrected chi connectivity index (χ2v) is 5.50. The van der Waals surface area contributed by atoms with E-state index in [1.807, 2.05) is 30.3 Å². The third kappa shape index (κ3) is 4.16. The van der Waals surface area contributed by atoms with Crippen molar-refractivity contribution in [2.45, 2.75) is 19.6 Å². The molecular weight excluding hydrogens is 302 g/mol. The Labute approximate surface area is 122 Å². The normalized spacial score (nSPS) is 12.4. The molecule has 1 unspecified atom stereocenters. The van der Waals surface area contributed by atoms with Gasteiger partial charge in [0.2, 0.25) is 0 Å². The monoisotopic (exact) mass is 319 g/mol. The number of hydrogen-bond donors (Lipinski definition) is 2. The van der Waals surface area contributed by atoms with Crippen LogP contribution in [0.15, 0.2) is 53.0 Å². The topological polar surface area (TPSA) is 32.3 Å². The molecule has 1 atom stereocenters. The first-order valence-electron chi connectivity index (χ1n) is 6.35. The van der Waals surface area contributed by atoms with Gasteiger partial charge in [0.1, 0.15) is 0 Å². The summed E-state index contributed by atoms with van der Waals surface area (Å²) in [5.74, 6) is 0. The third-order valence-corrected chi connectivity index (χ3v) is 3.94. The van der Waals surface area contributed by atoms with Gasteiger partial charge in [0.25, 0.3) is 0 Å². The van der Waals surface area contributed by atoms with E-state index in [9.17, 15) is 5.11 Å². The van der Waals surface area contributed by atoms with E-state index in [4.69, 9.17) is 0 Å². The smallest absolute Gasteiger partial charge is 0.0914 e. The molecule has 0 saturated heterocycles. The molecule has 2 N–H and O–H groups in total. The zero-order valence-corrected chi connectivity index (χ0v) is 12.5. The van der Waals surface area contributed by atoms with Crippen LogP contribution < -0.4 is 5.32 Å². The van der Waals surface area contributed by atoms with E-state index in [1.165, 1.54) is 11.1 Å². The lowest BCUT2D eigenvalue weighted by Gasteiger charge is -2.12. The molecule has 0 aromatic heterocycles. The Morgan fingerprint density at radius 1 is 1.16 bits per heavy atom. The lowest BCUT2D eigenvalue weighted by atomic mass is 10.1. The van der Waals surface area contributed by atoms with Gasteiger partial charge in [-0.2, -0.15) is 0 Å². The maximum atomic E-state index is 10.0. The van der Waals surface area contributed by atoms with E-state index < -0.39 is 6.10 Å². The molecule has 0 amide bonds. The molecule has 0 saturated carbocycles. The molecule has 2 rings (SSSR count). The van der Waals surface area contributed by atoms with E-state index in [0.29, 0.717) is 6.54 Å². The van der Waals surface area contributed by atoms with Gasteiger partial charge >= 0.3 is 0 Å². The van der Waals surface area contributed by atoms with Crippen molar-refractivity contribution in [2.24, 2.45) is 0 Å². The van der Waals surface area contributed by atoms with Crippen molar-refractivity contribution in [1.82, 2.24) is 5.32 Å². The van der Waals surface area contributed by atoms with Crippen molar-refractivity contribution in [3.8, 4) is 0 Å². The number of hydrogen-bond acceptors (Lipinski definition) is 2. The highest BCUT2D eigenvalue weighted by Gasteiger charge is 2.06. The zero-order valence-electron chi connectivity index (χ0n) is 10.9. The van der Waals surface area contributed by atoms with E-state index in [1.54, 1.807) is 0 Å². The summed E-state index contributed by atoms with van der Waals surface area (Å²) in [7, 11) is 0. The van der Waals surface area contributed by atoms with Gasteiger partial charge < -0.3 is 10.4 Å². The number of aliphatic hydroxyl groups is 1. The SMILES string of the molecule is Cc1ccc(CNCC(O)c2ccccc2)cc1Br. The molecule has 0 heterocycles. The highest BCUT2D eigenvalue weighted by molar-refractivity contribution is 9.10. The van der Waals surface area contributed by atoms with Gasteiger partial charge in [-0.1, -0.05) is 58.4 Å². The van der Waals surface area contributed by atoms with Gasteiger partial charge in [-0.3, -0.25) is 0 Å². The van der Waals surface area contributed by atoms with E-state index in [-0.39, 0.29) is 0 Å². The fourth-order valence-corrected chi connectivity index (χ4v) is 2.32. The Hall–Kier alpha value is -1.16. The second-order valence-electron chi connectivity index (χ2n) is 4.64. The molecule has 0 aliphatic rings. The number of rotatable bonds is 5. The van der Waals surface area contributed by atoms with Crippen LogP contribution in [0.2, 0.25) is 0 Å². The summed E-state index contributed by atoms with van der Waals surface area (Å²) in [6, 6.07) is 16.0. The van der Waals surface area contributed by atoms with Crippen molar-refractivity contribution in [3.63, 3.8) is 0 Å². The van der Waals surface area contributed by atoms with Gasteiger partial charge in [0.15, 0.2) is 0 Å². The molecule has 3 heteroatoms. The summed E-state index contributed by atoms with van der Waals surface area (Å²) in [5.41, 5.74) is 3.38. The summed E-state index contributed by atoms with van der Waals surface area (Å²) in [5, 5.41) is 13.3. The molecule has 0 bridgehead atoms. The average Bonchev–Trinajstić information content (AvgIpc) is 2.43. The second kappa shape index (κ2) is 6.85. The van der Waals surface area contributed by atoms with E-state index >= 15 is 0 Å². The lowest BCUT2D eigenvalue weighted by Crippen LogP contribution is -2.21. The van der Waals surface area contributed by atoms with Gasteiger partial charge in [0.05, 0.1) is 6.10 Å². The largest absolute Gasteiger partial charge is 0.387 e. The minimum atomic E-state index is -0.463.